The fraction of sp³-hybridized carbons (Fsp3) is 0.185. The zero-order chi connectivity index (χ0) is 25.5. The average molecular weight is 503 g/mol. The van der Waals surface area contributed by atoms with Crippen molar-refractivity contribution in [2.75, 3.05) is 13.2 Å². The van der Waals surface area contributed by atoms with Gasteiger partial charge in [0.25, 0.3) is 5.91 Å². The minimum Gasteiger partial charge on any atom is -0.483 e. The van der Waals surface area contributed by atoms with Crippen LogP contribution in [0.4, 0.5) is 0 Å². The summed E-state index contributed by atoms with van der Waals surface area (Å²) in [6.45, 7) is 3.48. The molecule has 0 saturated carbocycles. The first kappa shape index (κ1) is 24.9. The Morgan fingerprint density at radius 1 is 1.08 bits per heavy atom. The Kier molecular flexibility index (Phi) is 7.92. The molecule has 1 amide bonds. The third-order valence-corrected chi connectivity index (χ3v) is 5.79. The topological polar surface area (TPSA) is 101 Å². The molecule has 0 aliphatic carbocycles. The molecular weight excluding hydrogens is 476 g/mol. The van der Waals surface area contributed by atoms with Gasteiger partial charge in [-0.2, -0.15) is 5.10 Å². The second kappa shape index (κ2) is 11.5. The monoisotopic (exact) mass is 502 g/mol. The highest BCUT2D eigenvalue weighted by Gasteiger charge is 2.32. The largest absolute Gasteiger partial charge is 0.483 e. The van der Waals surface area contributed by atoms with Crippen LogP contribution in [0, 0.1) is 0 Å². The number of benzene rings is 3. The molecule has 1 heterocycles. The van der Waals surface area contributed by atoms with Gasteiger partial charge in [0, 0.05) is 16.8 Å². The van der Waals surface area contributed by atoms with E-state index < -0.39 is 17.9 Å². The summed E-state index contributed by atoms with van der Waals surface area (Å²) in [5.41, 5.74) is 5.03. The molecule has 9 heteroatoms. The molecule has 0 unspecified atom stereocenters. The van der Waals surface area contributed by atoms with Crippen LogP contribution in [0.5, 0.6) is 5.75 Å². The smallest absolute Gasteiger partial charge is 0.338 e. The summed E-state index contributed by atoms with van der Waals surface area (Å²) in [5, 5.41) is 12.7. The predicted molar refractivity (Wildman–Crippen MR) is 143 cm³/mol. The molecular formula is C27H26N4O4S. The highest BCUT2D eigenvalue weighted by Crippen LogP contribution is 2.33. The number of para-hydroxylation sites is 1. The summed E-state index contributed by atoms with van der Waals surface area (Å²) in [7, 11) is 0. The SMILES string of the molecule is CCOC(=O)C1=C(C)NC(=S)N[C@H]1c1ccccc1OCC(=O)NN=Cc1cccc2ccccc12. The van der Waals surface area contributed by atoms with Crippen LogP contribution in [0.25, 0.3) is 10.8 Å². The van der Waals surface area contributed by atoms with E-state index in [0.717, 1.165) is 16.3 Å². The summed E-state index contributed by atoms with van der Waals surface area (Å²) in [5.74, 6) is -0.451. The van der Waals surface area contributed by atoms with Crippen molar-refractivity contribution in [3.63, 3.8) is 0 Å². The number of hydrazone groups is 1. The molecule has 0 radical (unpaired) electrons. The number of nitrogens with one attached hydrogen (secondary N) is 3. The van der Waals surface area contributed by atoms with Crippen molar-refractivity contribution in [3.05, 3.63) is 89.1 Å². The summed E-state index contributed by atoms with van der Waals surface area (Å²) >= 11 is 5.30. The number of allylic oxidation sites excluding steroid dienone is 1. The van der Waals surface area contributed by atoms with Crippen LogP contribution < -0.4 is 20.8 Å². The maximum Gasteiger partial charge on any atom is 0.338 e. The van der Waals surface area contributed by atoms with E-state index in [9.17, 15) is 9.59 Å². The number of hydrogen-bond donors (Lipinski definition) is 3. The molecule has 0 spiro atoms. The van der Waals surface area contributed by atoms with Gasteiger partial charge in [0.1, 0.15) is 5.75 Å². The summed E-state index contributed by atoms with van der Waals surface area (Å²) in [4.78, 5) is 25.1. The Bertz CT molecular complexity index is 1360. The minimum absolute atomic E-state index is 0.240. The van der Waals surface area contributed by atoms with Gasteiger partial charge in [-0.15, -0.1) is 0 Å². The van der Waals surface area contributed by atoms with Gasteiger partial charge in [0.15, 0.2) is 11.7 Å². The van der Waals surface area contributed by atoms with Crippen molar-refractivity contribution in [3.8, 4) is 5.75 Å². The fourth-order valence-corrected chi connectivity index (χ4v) is 4.24. The standard InChI is InChI=1S/C27H26N4O4S/c1-3-34-26(33)24-17(2)29-27(36)30-25(24)21-13-6-7-14-22(21)35-16-23(32)31-28-15-19-11-8-10-18-9-4-5-12-20(18)19/h4-15,25H,3,16H2,1-2H3,(H,31,32)(H2,29,30,36)/t25-/m0/s1. The van der Waals surface area contributed by atoms with Crippen LogP contribution in [0.3, 0.4) is 0 Å². The molecule has 1 aliphatic rings. The number of fused-ring (bicyclic) bond motifs is 1. The first-order valence-electron chi connectivity index (χ1n) is 11.4. The van der Waals surface area contributed by atoms with E-state index in [-0.39, 0.29) is 13.2 Å². The molecule has 8 nitrogen and oxygen atoms in total. The Morgan fingerprint density at radius 2 is 1.83 bits per heavy atom. The minimum atomic E-state index is -0.596. The third kappa shape index (κ3) is 5.69. The number of hydrogen-bond acceptors (Lipinski definition) is 6. The third-order valence-electron chi connectivity index (χ3n) is 5.57. The van der Waals surface area contributed by atoms with Crippen LogP contribution in [-0.4, -0.2) is 36.4 Å². The summed E-state index contributed by atoms with van der Waals surface area (Å²) in [6, 6.07) is 20.4. The van der Waals surface area contributed by atoms with E-state index >= 15 is 0 Å². The normalized spacial score (nSPS) is 15.4. The molecule has 36 heavy (non-hydrogen) atoms. The first-order chi connectivity index (χ1) is 17.5. The van der Waals surface area contributed by atoms with E-state index in [1.807, 2.05) is 54.6 Å². The maximum atomic E-state index is 12.7. The molecule has 4 rings (SSSR count). The van der Waals surface area contributed by atoms with E-state index in [2.05, 4.69) is 21.2 Å². The van der Waals surface area contributed by atoms with Crippen LogP contribution in [0.1, 0.15) is 31.0 Å². The van der Waals surface area contributed by atoms with Gasteiger partial charge in [-0.1, -0.05) is 60.7 Å². The number of thiocarbonyl (C=S) groups is 1. The van der Waals surface area contributed by atoms with Crippen molar-refractivity contribution in [1.29, 1.82) is 0 Å². The van der Waals surface area contributed by atoms with Crippen molar-refractivity contribution in [1.82, 2.24) is 16.1 Å². The van der Waals surface area contributed by atoms with Gasteiger partial charge in [-0.3, -0.25) is 4.79 Å². The van der Waals surface area contributed by atoms with Crippen LogP contribution >= 0.6 is 12.2 Å². The molecule has 3 aromatic carbocycles. The zero-order valence-electron chi connectivity index (χ0n) is 19.9. The number of carbonyl (C=O) groups is 2. The van der Waals surface area contributed by atoms with Gasteiger partial charge >= 0.3 is 5.97 Å². The number of ether oxygens (including phenoxy) is 2. The zero-order valence-corrected chi connectivity index (χ0v) is 20.7. The van der Waals surface area contributed by atoms with Crippen LogP contribution in [-0.2, 0) is 14.3 Å². The molecule has 0 bridgehead atoms. The van der Waals surface area contributed by atoms with Gasteiger partial charge in [0.2, 0.25) is 0 Å². The second-order valence-electron chi connectivity index (χ2n) is 7.98. The fourth-order valence-electron chi connectivity index (χ4n) is 3.97. The predicted octanol–water partition coefficient (Wildman–Crippen LogP) is 3.72. The van der Waals surface area contributed by atoms with E-state index in [0.29, 0.717) is 27.7 Å². The lowest BCUT2D eigenvalue weighted by Crippen LogP contribution is -2.45. The molecule has 0 aromatic heterocycles. The molecule has 0 saturated heterocycles. The Morgan fingerprint density at radius 3 is 2.67 bits per heavy atom. The Labute approximate surface area is 214 Å². The highest BCUT2D eigenvalue weighted by atomic mass is 32.1. The Hall–Kier alpha value is -4.24. The molecule has 3 N–H and O–H groups in total. The number of nitrogens with zero attached hydrogens (tertiary/aromatic N) is 1. The Balaban J connectivity index is 1.46. The number of amides is 1. The van der Waals surface area contributed by atoms with Gasteiger partial charge in [-0.05, 0) is 42.9 Å². The average Bonchev–Trinajstić information content (AvgIpc) is 2.87. The van der Waals surface area contributed by atoms with E-state index in [1.54, 1.807) is 32.2 Å². The lowest BCUT2D eigenvalue weighted by molar-refractivity contribution is -0.139. The second-order valence-corrected chi connectivity index (χ2v) is 8.39. The van der Waals surface area contributed by atoms with Crippen molar-refractivity contribution in [2.45, 2.75) is 19.9 Å². The van der Waals surface area contributed by atoms with E-state index in [4.69, 9.17) is 21.7 Å². The number of esters is 1. The molecule has 184 valence electrons. The lowest BCUT2D eigenvalue weighted by atomic mass is 9.95. The highest BCUT2D eigenvalue weighted by molar-refractivity contribution is 7.80. The first-order valence-corrected chi connectivity index (χ1v) is 11.9. The van der Waals surface area contributed by atoms with Crippen LogP contribution in [0.15, 0.2) is 83.1 Å². The maximum absolute atomic E-state index is 12.7. The van der Waals surface area contributed by atoms with Crippen molar-refractivity contribution >= 4 is 46.2 Å². The van der Waals surface area contributed by atoms with E-state index in [1.165, 1.54) is 0 Å². The molecule has 1 atom stereocenters. The van der Waals surface area contributed by atoms with Gasteiger partial charge in [0.05, 0.1) is 24.4 Å². The number of carbonyl (C=O) groups excluding carboxylic acids is 2. The quantitative estimate of drug-likeness (QED) is 0.187. The lowest BCUT2D eigenvalue weighted by Gasteiger charge is -2.30. The summed E-state index contributed by atoms with van der Waals surface area (Å²) < 4.78 is 11.1. The van der Waals surface area contributed by atoms with Crippen LogP contribution in [0.2, 0.25) is 0 Å². The molecule has 0 fully saturated rings. The summed E-state index contributed by atoms with van der Waals surface area (Å²) in [6.07, 6.45) is 1.60. The van der Waals surface area contributed by atoms with Crippen molar-refractivity contribution in [2.24, 2.45) is 5.10 Å². The molecule has 3 aromatic rings. The molecule has 1 aliphatic heterocycles. The van der Waals surface area contributed by atoms with Gasteiger partial charge in [-0.25, -0.2) is 10.2 Å². The van der Waals surface area contributed by atoms with Gasteiger partial charge < -0.3 is 20.1 Å². The van der Waals surface area contributed by atoms with Crippen molar-refractivity contribution < 1.29 is 19.1 Å². The number of rotatable bonds is 8.